The van der Waals surface area contributed by atoms with E-state index >= 15 is 4.39 Å². The zero-order valence-electron chi connectivity index (χ0n) is 33.8. The second-order valence-corrected chi connectivity index (χ2v) is 17.0. The number of amides is 2. The molecule has 8 nitrogen and oxygen atoms in total. The third kappa shape index (κ3) is 8.22. The van der Waals surface area contributed by atoms with E-state index in [1.165, 1.54) is 53.5 Å². The van der Waals surface area contributed by atoms with Gasteiger partial charge in [-0.2, -0.15) is 0 Å². The fourth-order valence-electron chi connectivity index (χ4n) is 10.4. The molecule has 302 valence electrons. The van der Waals surface area contributed by atoms with Gasteiger partial charge in [0, 0.05) is 57.8 Å². The van der Waals surface area contributed by atoms with Gasteiger partial charge in [-0.3, -0.25) is 29.6 Å². The Labute approximate surface area is 342 Å². The third-order valence-electron chi connectivity index (χ3n) is 13.5. The molecule has 0 spiro atoms. The molecular weight excluding hydrogens is 726 g/mol. The molecule has 0 aromatic heterocycles. The number of piperazine rings is 1. The number of anilines is 1. The lowest BCUT2D eigenvalue weighted by Gasteiger charge is -2.44. The number of rotatable bonds is 12. The Morgan fingerprint density at radius 2 is 1.41 bits per heavy atom. The molecule has 4 saturated heterocycles. The van der Waals surface area contributed by atoms with Crippen molar-refractivity contribution >= 4 is 28.6 Å². The molecule has 58 heavy (non-hydrogen) atoms. The molecule has 4 aromatic carbocycles. The van der Waals surface area contributed by atoms with Gasteiger partial charge in [0.1, 0.15) is 18.2 Å². The summed E-state index contributed by atoms with van der Waals surface area (Å²) in [6.07, 6.45) is 6.56. The SMILES string of the molecule is CCC(=C(c1ccccc1)c1ccc(OCCN2CCC(CN3C4CCC3CN(c3cc5c(cc3F)CN(C3CCC(=O)NC3=O)C5)C4)CC2)cc1)c1ccccc1. The maximum Gasteiger partial charge on any atom is 0.243 e. The van der Waals surface area contributed by atoms with Crippen molar-refractivity contribution in [2.24, 2.45) is 5.92 Å². The van der Waals surface area contributed by atoms with Crippen molar-refractivity contribution in [2.45, 2.75) is 83.1 Å². The summed E-state index contributed by atoms with van der Waals surface area (Å²) in [7, 11) is 0. The van der Waals surface area contributed by atoms with Gasteiger partial charge < -0.3 is 9.64 Å². The number of carbonyl (C=O) groups excluding carboxylic acids is 2. The van der Waals surface area contributed by atoms with Crippen LogP contribution < -0.4 is 15.0 Å². The lowest BCUT2D eigenvalue weighted by Crippen LogP contribution is -2.55. The molecular formula is C49H56FN5O3. The highest BCUT2D eigenvalue weighted by molar-refractivity contribution is 6.00. The number of likely N-dealkylation sites (tertiary alicyclic amines) is 1. The van der Waals surface area contributed by atoms with Crippen LogP contribution in [-0.2, 0) is 22.7 Å². The topological polar surface area (TPSA) is 68.4 Å². The van der Waals surface area contributed by atoms with Gasteiger partial charge in [-0.1, -0.05) is 79.7 Å². The van der Waals surface area contributed by atoms with Crippen LogP contribution in [0.2, 0.25) is 0 Å². The molecule has 9 heteroatoms. The lowest BCUT2D eigenvalue weighted by atomic mass is 9.88. The molecule has 3 unspecified atom stereocenters. The summed E-state index contributed by atoms with van der Waals surface area (Å²) in [5, 5.41) is 2.47. The molecule has 2 amide bonds. The standard InChI is InChI=1S/C49H56FN5O3/c1-2-43(35-9-5-3-6-10-35)48(36-11-7-4-8-12-36)37-13-17-42(18-14-37)58-26-25-52-23-21-34(22-24-52)29-55-40-15-16-41(55)33-54(32-40)46-28-39-31-53(30-38(39)27-44(46)50)45-19-20-47(56)51-49(45)57/h3-14,17-18,27-28,34,40-41,45H,2,15-16,19-26,29-33H2,1H3,(H,51,56,57). The van der Waals surface area contributed by atoms with Crippen molar-refractivity contribution in [2.75, 3.05) is 50.8 Å². The Morgan fingerprint density at radius 3 is 2.07 bits per heavy atom. The van der Waals surface area contributed by atoms with Crippen molar-refractivity contribution in [3.8, 4) is 5.75 Å². The number of ether oxygens (including phenoxy) is 1. The normalized spacial score (nSPS) is 23.5. The van der Waals surface area contributed by atoms with Crippen LogP contribution in [0.15, 0.2) is 97.1 Å². The molecule has 0 saturated carbocycles. The first kappa shape index (κ1) is 38.7. The van der Waals surface area contributed by atoms with E-state index in [9.17, 15) is 9.59 Å². The number of halogens is 1. The van der Waals surface area contributed by atoms with Crippen molar-refractivity contribution in [1.82, 2.24) is 20.0 Å². The highest BCUT2D eigenvalue weighted by Crippen LogP contribution is 2.39. The quantitative estimate of drug-likeness (QED) is 0.117. The molecule has 0 aliphatic carbocycles. The zero-order valence-corrected chi connectivity index (χ0v) is 33.8. The number of benzene rings is 4. The molecule has 4 fully saturated rings. The van der Waals surface area contributed by atoms with Crippen molar-refractivity contribution < 1.29 is 18.7 Å². The van der Waals surface area contributed by atoms with Gasteiger partial charge in [-0.05, 0) is 121 Å². The first-order valence-corrected chi connectivity index (χ1v) is 21.6. The van der Waals surface area contributed by atoms with Crippen molar-refractivity contribution in [1.29, 1.82) is 0 Å². The Morgan fingerprint density at radius 1 is 0.776 bits per heavy atom. The van der Waals surface area contributed by atoms with E-state index in [1.54, 1.807) is 6.07 Å². The summed E-state index contributed by atoms with van der Waals surface area (Å²) in [6, 6.07) is 34.4. The monoisotopic (exact) mass is 781 g/mol. The van der Waals surface area contributed by atoms with E-state index < -0.39 is 0 Å². The number of allylic oxidation sites excluding steroid dienone is 1. The highest BCUT2D eigenvalue weighted by atomic mass is 19.1. The Hall–Kier alpha value is -4.83. The molecule has 0 radical (unpaired) electrons. The molecule has 4 aromatic rings. The minimum Gasteiger partial charge on any atom is -0.492 e. The number of carbonyl (C=O) groups is 2. The summed E-state index contributed by atoms with van der Waals surface area (Å²) >= 11 is 0. The summed E-state index contributed by atoms with van der Waals surface area (Å²) in [5.74, 6) is 0.994. The second kappa shape index (κ2) is 17.2. The zero-order chi connectivity index (χ0) is 39.6. The highest BCUT2D eigenvalue weighted by Gasteiger charge is 2.42. The Bertz CT molecular complexity index is 2100. The smallest absolute Gasteiger partial charge is 0.243 e. The average Bonchev–Trinajstić information content (AvgIpc) is 3.75. The maximum absolute atomic E-state index is 15.7. The number of nitrogens with zero attached hydrogens (tertiary/aromatic N) is 4. The summed E-state index contributed by atoms with van der Waals surface area (Å²) < 4.78 is 22.0. The minimum absolute atomic E-state index is 0.163. The number of imide groups is 1. The van der Waals surface area contributed by atoms with Crippen molar-refractivity contribution in [3.63, 3.8) is 0 Å². The largest absolute Gasteiger partial charge is 0.492 e. The predicted octanol–water partition coefficient (Wildman–Crippen LogP) is 7.76. The number of hydrogen-bond donors (Lipinski definition) is 1. The third-order valence-corrected chi connectivity index (χ3v) is 13.5. The molecule has 5 heterocycles. The van der Waals surface area contributed by atoms with E-state index in [1.807, 2.05) is 6.07 Å². The number of nitrogens with one attached hydrogen (secondary N) is 1. The van der Waals surface area contributed by atoms with Crippen LogP contribution >= 0.6 is 0 Å². The van der Waals surface area contributed by atoms with Crippen LogP contribution in [0, 0.1) is 11.7 Å². The van der Waals surface area contributed by atoms with E-state index in [0.717, 1.165) is 62.6 Å². The summed E-state index contributed by atoms with van der Waals surface area (Å²) in [4.78, 5) is 33.9. The van der Waals surface area contributed by atoms with Gasteiger partial charge >= 0.3 is 0 Å². The van der Waals surface area contributed by atoms with Gasteiger partial charge in [0.2, 0.25) is 11.8 Å². The molecule has 3 atom stereocenters. The minimum atomic E-state index is -0.336. The van der Waals surface area contributed by atoms with Gasteiger partial charge in [0.25, 0.3) is 0 Å². The second-order valence-electron chi connectivity index (χ2n) is 17.0. The Kier molecular flexibility index (Phi) is 11.5. The molecule has 1 N–H and O–H groups in total. The molecule has 5 aliphatic heterocycles. The molecule has 5 aliphatic rings. The number of hydrogen-bond acceptors (Lipinski definition) is 7. The first-order valence-electron chi connectivity index (χ1n) is 21.6. The van der Waals surface area contributed by atoms with Gasteiger partial charge in [0.05, 0.1) is 11.7 Å². The Balaban J connectivity index is 0.749. The van der Waals surface area contributed by atoms with Gasteiger partial charge in [0.15, 0.2) is 0 Å². The maximum atomic E-state index is 15.7. The van der Waals surface area contributed by atoms with Crippen LogP contribution in [-0.4, -0.2) is 90.5 Å². The van der Waals surface area contributed by atoms with E-state index in [2.05, 4.69) is 117 Å². The van der Waals surface area contributed by atoms with E-state index in [4.69, 9.17) is 4.74 Å². The predicted molar refractivity (Wildman–Crippen MR) is 228 cm³/mol. The van der Waals surface area contributed by atoms with Crippen LogP contribution in [0.1, 0.15) is 79.7 Å². The van der Waals surface area contributed by atoms with Gasteiger partial charge in [-0.25, -0.2) is 4.39 Å². The number of piperidine rings is 2. The molecule has 2 bridgehead atoms. The van der Waals surface area contributed by atoms with Crippen molar-refractivity contribution in [3.05, 3.63) is 131 Å². The fraction of sp³-hybridized carbons (Fsp3) is 0.429. The average molecular weight is 782 g/mol. The summed E-state index contributed by atoms with van der Waals surface area (Å²) in [5.41, 5.74) is 9.05. The van der Waals surface area contributed by atoms with E-state index in [0.29, 0.717) is 56.2 Å². The summed E-state index contributed by atoms with van der Waals surface area (Å²) in [6.45, 7) is 10.1. The van der Waals surface area contributed by atoms with Crippen LogP contribution in [0.25, 0.3) is 11.1 Å². The van der Waals surface area contributed by atoms with Crippen LogP contribution in [0.3, 0.4) is 0 Å². The van der Waals surface area contributed by atoms with Crippen LogP contribution in [0.4, 0.5) is 10.1 Å². The first-order chi connectivity index (χ1) is 28.4. The molecule has 9 rings (SSSR count). The lowest BCUT2D eigenvalue weighted by molar-refractivity contribution is -0.137. The fourth-order valence-corrected chi connectivity index (χ4v) is 10.4. The van der Waals surface area contributed by atoms with E-state index in [-0.39, 0.29) is 23.7 Å². The van der Waals surface area contributed by atoms with Gasteiger partial charge in [-0.15, -0.1) is 0 Å². The number of fused-ring (bicyclic) bond motifs is 3. The van der Waals surface area contributed by atoms with Crippen LogP contribution in [0.5, 0.6) is 5.75 Å².